The third-order valence-corrected chi connectivity index (χ3v) is 4.65. The molecule has 0 saturated carbocycles. The van der Waals surface area contributed by atoms with Gasteiger partial charge in [-0.05, 0) is 24.3 Å². The number of halogens is 1. The number of amides is 1. The monoisotopic (exact) mass is 415 g/mol. The minimum absolute atomic E-state index is 0.211. The van der Waals surface area contributed by atoms with Gasteiger partial charge in [0, 0.05) is 35.9 Å². The molecule has 31 heavy (non-hydrogen) atoms. The normalized spacial score (nSPS) is 11.6. The largest absolute Gasteiger partial charge is 0.340 e. The van der Waals surface area contributed by atoms with Gasteiger partial charge in [-0.25, -0.2) is 19.3 Å². The predicted molar refractivity (Wildman–Crippen MR) is 112 cm³/mol. The second-order valence-electron chi connectivity index (χ2n) is 6.82. The molecule has 0 radical (unpaired) electrons. The van der Waals surface area contributed by atoms with E-state index in [-0.39, 0.29) is 23.7 Å². The third kappa shape index (κ3) is 4.87. The van der Waals surface area contributed by atoms with Crippen molar-refractivity contribution in [3.8, 4) is 11.4 Å². The summed E-state index contributed by atoms with van der Waals surface area (Å²) in [5.74, 6) is -0.676. The van der Waals surface area contributed by atoms with Gasteiger partial charge >= 0.3 is 0 Å². The Balaban J connectivity index is 1.52. The van der Waals surface area contributed by atoms with Crippen molar-refractivity contribution in [3.63, 3.8) is 0 Å². The highest BCUT2D eigenvalue weighted by molar-refractivity contribution is 6.04. The van der Waals surface area contributed by atoms with E-state index in [0.29, 0.717) is 17.0 Å². The van der Waals surface area contributed by atoms with Gasteiger partial charge in [0.1, 0.15) is 11.9 Å². The fourth-order valence-electron chi connectivity index (χ4n) is 3.04. The van der Waals surface area contributed by atoms with Gasteiger partial charge in [0.15, 0.2) is 11.6 Å². The molecule has 1 N–H and O–H groups in total. The van der Waals surface area contributed by atoms with E-state index in [0.717, 1.165) is 0 Å². The first kappa shape index (κ1) is 20.1. The van der Waals surface area contributed by atoms with Crippen LogP contribution in [0.15, 0.2) is 85.7 Å². The average Bonchev–Trinajstić information content (AvgIpc) is 3.32. The summed E-state index contributed by atoms with van der Waals surface area (Å²) in [4.78, 5) is 38.2. The van der Waals surface area contributed by atoms with Gasteiger partial charge in [0.25, 0.3) is 5.91 Å². The van der Waals surface area contributed by atoms with Gasteiger partial charge in [-0.1, -0.05) is 30.3 Å². The highest BCUT2D eigenvalue weighted by Gasteiger charge is 2.23. The molecular formula is C23H18FN5O2. The molecule has 2 aromatic carbocycles. The first-order valence-corrected chi connectivity index (χ1v) is 9.54. The Labute approximate surface area is 177 Å². The van der Waals surface area contributed by atoms with Gasteiger partial charge in [0.05, 0.1) is 18.4 Å². The molecule has 0 fully saturated rings. The molecule has 1 atom stereocenters. The molecule has 0 saturated heterocycles. The lowest BCUT2D eigenvalue weighted by molar-refractivity contribution is 0.0847. The molecule has 1 amide bonds. The number of ketones is 1. The van der Waals surface area contributed by atoms with Crippen molar-refractivity contribution in [2.45, 2.75) is 12.6 Å². The lowest BCUT2D eigenvalue weighted by Crippen LogP contribution is -2.43. The molecule has 0 aliphatic carbocycles. The quantitative estimate of drug-likeness (QED) is 0.469. The highest BCUT2D eigenvalue weighted by atomic mass is 19.1. The molecule has 154 valence electrons. The highest BCUT2D eigenvalue weighted by Crippen LogP contribution is 2.15. The van der Waals surface area contributed by atoms with E-state index in [1.54, 1.807) is 59.7 Å². The van der Waals surface area contributed by atoms with E-state index in [1.165, 1.54) is 24.5 Å². The molecule has 2 aromatic heterocycles. The fourth-order valence-corrected chi connectivity index (χ4v) is 3.04. The number of imidazole rings is 1. The maximum atomic E-state index is 13.1. The topological polar surface area (TPSA) is 89.8 Å². The van der Waals surface area contributed by atoms with Crippen molar-refractivity contribution >= 4 is 11.7 Å². The Bertz CT molecular complexity index is 1160. The minimum atomic E-state index is -0.805. The van der Waals surface area contributed by atoms with E-state index in [4.69, 9.17) is 0 Å². The lowest BCUT2D eigenvalue weighted by Gasteiger charge is -2.18. The molecule has 0 aliphatic rings. The maximum absolute atomic E-state index is 13.1. The number of rotatable bonds is 7. The molecule has 7 nitrogen and oxygen atoms in total. The molecule has 0 aliphatic heterocycles. The summed E-state index contributed by atoms with van der Waals surface area (Å²) in [7, 11) is 0. The predicted octanol–water partition coefficient (Wildman–Crippen LogP) is 3.16. The van der Waals surface area contributed by atoms with E-state index < -0.39 is 11.9 Å². The van der Waals surface area contributed by atoms with Crippen LogP contribution in [0.5, 0.6) is 0 Å². The average molecular weight is 415 g/mol. The fraction of sp³-hybridized carbons (Fsp3) is 0.0870. The number of Topliss-reactive ketones (excluding diaryl/α,β-unsaturated/α-hetero) is 1. The van der Waals surface area contributed by atoms with E-state index in [2.05, 4.69) is 20.3 Å². The van der Waals surface area contributed by atoms with Crippen LogP contribution in [0.2, 0.25) is 0 Å². The SMILES string of the molecule is O=C(NC(Cn1ccnc1)C(=O)c1ccccc1)c1cnc(-c2ccc(F)cc2)nc1. The van der Waals surface area contributed by atoms with Crippen LogP contribution in [-0.2, 0) is 6.54 Å². The van der Waals surface area contributed by atoms with Crippen LogP contribution in [0.3, 0.4) is 0 Å². The summed E-state index contributed by atoms with van der Waals surface area (Å²) in [6, 6.07) is 13.7. The summed E-state index contributed by atoms with van der Waals surface area (Å²) in [6.07, 6.45) is 7.66. The second kappa shape index (κ2) is 9.08. The van der Waals surface area contributed by atoms with Crippen molar-refractivity contribution in [1.29, 1.82) is 0 Å². The van der Waals surface area contributed by atoms with Crippen molar-refractivity contribution < 1.29 is 14.0 Å². The molecule has 4 rings (SSSR count). The molecular weight excluding hydrogens is 397 g/mol. The van der Waals surface area contributed by atoms with Crippen molar-refractivity contribution in [2.24, 2.45) is 0 Å². The molecule has 8 heteroatoms. The number of nitrogens with zero attached hydrogens (tertiary/aromatic N) is 4. The summed E-state index contributed by atoms with van der Waals surface area (Å²) < 4.78 is 14.8. The van der Waals surface area contributed by atoms with Crippen LogP contribution in [0.4, 0.5) is 4.39 Å². The summed E-state index contributed by atoms with van der Waals surface area (Å²) in [5, 5.41) is 2.77. The Kier molecular flexibility index (Phi) is 5.89. The number of hydrogen-bond acceptors (Lipinski definition) is 5. The van der Waals surface area contributed by atoms with E-state index in [9.17, 15) is 14.0 Å². The lowest BCUT2D eigenvalue weighted by atomic mass is 10.0. The first-order chi connectivity index (χ1) is 15.1. The van der Waals surface area contributed by atoms with Crippen LogP contribution in [0.1, 0.15) is 20.7 Å². The summed E-state index contributed by atoms with van der Waals surface area (Å²) in [5.41, 5.74) is 1.34. The number of benzene rings is 2. The van der Waals surface area contributed by atoms with Crippen molar-refractivity contribution in [2.75, 3.05) is 0 Å². The first-order valence-electron chi connectivity index (χ1n) is 9.54. The molecule has 1 unspecified atom stereocenters. The number of hydrogen-bond donors (Lipinski definition) is 1. The Morgan fingerprint density at radius 2 is 1.68 bits per heavy atom. The zero-order valence-electron chi connectivity index (χ0n) is 16.4. The number of carbonyl (C=O) groups excluding carboxylic acids is 2. The van der Waals surface area contributed by atoms with Crippen LogP contribution < -0.4 is 5.32 Å². The third-order valence-electron chi connectivity index (χ3n) is 4.65. The zero-order valence-corrected chi connectivity index (χ0v) is 16.4. The van der Waals surface area contributed by atoms with Crippen LogP contribution in [-0.4, -0.2) is 37.3 Å². The van der Waals surface area contributed by atoms with Gasteiger partial charge in [-0.2, -0.15) is 0 Å². The van der Waals surface area contributed by atoms with Crippen LogP contribution >= 0.6 is 0 Å². The van der Waals surface area contributed by atoms with Gasteiger partial charge < -0.3 is 9.88 Å². The van der Waals surface area contributed by atoms with E-state index >= 15 is 0 Å². The van der Waals surface area contributed by atoms with Crippen molar-refractivity contribution in [1.82, 2.24) is 24.8 Å². The zero-order chi connectivity index (χ0) is 21.6. The molecule has 0 bridgehead atoms. The number of nitrogens with one attached hydrogen (secondary N) is 1. The molecule has 0 spiro atoms. The Hall–Kier alpha value is -4.20. The Morgan fingerprint density at radius 1 is 0.968 bits per heavy atom. The van der Waals surface area contributed by atoms with Crippen LogP contribution in [0, 0.1) is 5.82 Å². The standard InChI is InChI=1S/C23H18FN5O2/c24-19-8-6-17(7-9-19)22-26-12-18(13-27-22)23(31)28-20(14-29-11-10-25-15-29)21(30)16-4-2-1-3-5-16/h1-13,15,20H,14H2,(H,28,31). The summed E-state index contributed by atoms with van der Waals surface area (Å²) >= 11 is 0. The summed E-state index contributed by atoms with van der Waals surface area (Å²) in [6.45, 7) is 0.230. The molecule has 2 heterocycles. The molecule has 4 aromatic rings. The number of aromatic nitrogens is 4. The second-order valence-corrected chi connectivity index (χ2v) is 6.82. The number of carbonyl (C=O) groups is 2. The van der Waals surface area contributed by atoms with Crippen LogP contribution in [0.25, 0.3) is 11.4 Å². The van der Waals surface area contributed by atoms with E-state index in [1.807, 2.05) is 6.07 Å². The minimum Gasteiger partial charge on any atom is -0.340 e. The van der Waals surface area contributed by atoms with Gasteiger partial charge in [-0.15, -0.1) is 0 Å². The van der Waals surface area contributed by atoms with Gasteiger partial charge in [-0.3, -0.25) is 9.59 Å². The Morgan fingerprint density at radius 3 is 2.32 bits per heavy atom. The smallest absolute Gasteiger partial charge is 0.255 e. The van der Waals surface area contributed by atoms with Crippen molar-refractivity contribution in [3.05, 3.63) is 103 Å². The van der Waals surface area contributed by atoms with Gasteiger partial charge in [0.2, 0.25) is 0 Å². The maximum Gasteiger partial charge on any atom is 0.255 e.